The fourth-order valence-corrected chi connectivity index (χ4v) is 2.31. The van der Waals surface area contributed by atoms with E-state index in [1.807, 2.05) is 0 Å². The van der Waals surface area contributed by atoms with Gasteiger partial charge in [-0.15, -0.1) is 0 Å². The van der Waals surface area contributed by atoms with Gasteiger partial charge in [-0.25, -0.2) is 4.79 Å². The van der Waals surface area contributed by atoms with Crippen molar-refractivity contribution < 1.29 is 23.9 Å². The Morgan fingerprint density at radius 2 is 1.67 bits per heavy atom. The van der Waals surface area contributed by atoms with Crippen LogP contribution in [-0.2, 0) is 19.1 Å². The Balaban J connectivity index is 2.53. The summed E-state index contributed by atoms with van der Waals surface area (Å²) in [7, 11) is 2.55. The third-order valence-electron chi connectivity index (χ3n) is 3.58. The number of hydrogen-bond donors (Lipinski definition) is 1. The van der Waals surface area contributed by atoms with E-state index in [2.05, 4.69) is 14.8 Å². The molecule has 0 saturated heterocycles. The molecular weight excluding hydrogens is 276 g/mol. The molecule has 0 aromatic carbocycles. The standard InChI is InChI=1S/C14H24N2O5/c1-20-12(17)8-9-16(10-13(18)21-2)14(19)15-11-6-4-3-5-7-11/h11H,3-10H2,1-2H3,(H,15,19). The second-order valence-corrected chi connectivity index (χ2v) is 5.11. The van der Waals surface area contributed by atoms with Crippen LogP contribution in [0.25, 0.3) is 0 Å². The van der Waals surface area contributed by atoms with Crippen LogP contribution in [0, 0.1) is 0 Å². The maximum absolute atomic E-state index is 12.2. The number of esters is 2. The van der Waals surface area contributed by atoms with E-state index in [4.69, 9.17) is 0 Å². The average molecular weight is 300 g/mol. The number of amides is 2. The Hall–Kier alpha value is -1.79. The number of nitrogens with zero attached hydrogens (tertiary/aromatic N) is 1. The highest BCUT2D eigenvalue weighted by Crippen LogP contribution is 2.17. The van der Waals surface area contributed by atoms with Gasteiger partial charge < -0.3 is 19.7 Å². The molecule has 1 N–H and O–H groups in total. The second kappa shape index (κ2) is 9.20. The van der Waals surface area contributed by atoms with Crippen LogP contribution in [0.1, 0.15) is 38.5 Å². The minimum atomic E-state index is -0.515. The molecular formula is C14H24N2O5. The highest BCUT2D eigenvalue weighted by molar-refractivity contribution is 5.81. The van der Waals surface area contributed by atoms with Crippen molar-refractivity contribution in [2.45, 2.75) is 44.6 Å². The summed E-state index contributed by atoms with van der Waals surface area (Å²) in [6.07, 6.45) is 5.35. The lowest BCUT2D eigenvalue weighted by molar-refractivity contribution is -0.143. The van der Waals surface area contributed by atoms with Gasteiger partial charge in [0.25, 0.3) is 0 Å². The Bertz CT molecular complexity index is 366. The highest BCUT2D eigenvalue weighted by atomic mass is 16.5. The molecule has 1 fully saturated rings. The van der Waals surface area contributed by atoms with Gasteiger partial charge in [0.05, 0.1) is 20.6 Å². The zero-order valence-electron chi connectivity index (χ0n) is 12.7. The molecule has 0 heterocycles. The van der Waals surface area contributed by atoms with Crippen molar-refractivity contribution >= 4 is 18.0 Å². The molecule has 0 atom stereocenters. The Kier molecular flexibility index (Phi) is 7.56. The summed E-state index contributed by atoms with van der Waals surface area (Å²) in [6, 6.07) is -0.194. The summed E-state index contributed by atoms with van der Waals surface area (Å²) in [4.78, 5) is 36.1. The number of carbonyl (C=O) groups excluding carboxylic acids is 3. The van der Waals surface area contributed by atoms with E-state index < -0.39 is 11.9 Å². The van der Waals surface area contributed by atoms with Gasteiger partial charge >= 0.3 is 18.0 Å². The molecule has 0 radical (unpaired) electrons. The first-order valence-electron chi connectivity index (χ1n) is 7.26. The number of carbonyl (C=O) groups is 3. The molecule has 0 aliphatic heterocycles. The first kappa shape index (κ1) is 17.3. The summed E-state index contributed by atoms with van der Waals surface area (Å²) >= 11 is 0. The van der Waals surface area contributed by atoms with Gasteiger partial charge in [0.15, 0.2) is 0 Å². The van der Waals surface area contributed by atoms with Crippen LogP contribution in [0.5, 0.6) is 0 Å². The lowest BCUT2D eigenvalue weighted by Crippen LogP contribution is -2.48. The van der Waals surface area contributed by atoms with Gasteiger partial charge in [-0.1, -0.05) is 19.3 Å². The van der Waals surface area contributed by atoms with Crippen LogP contribution < -0.4 is 5.32 Å². The van der Waals surface area contributed by atoms with Gasteiger partial charge in [0.2, 0.25) is 0 Å². The molecule has 7 heteroatoms. The van der Waals surface area contributed by atoms with E-state index in [0.29, 0.717) is 0 Å². The SMILES string of the molecule is COC(=O)CCN(CC(=O)OC)C(=O)NC1CCCCC1. The number of hydrogen-bond acceptors (Lipinski definition) is 5. The molecule has 7 nitrogen and oxygen atoms in total. The zero-order chi connectivity index (χ0) is 15.7. The van der Waals surface area contributed by atoms with Crippen LogP contribution >= 0.6 is 0 Å². The minimum Gasteiger partial charge on any atom is -0.469 e. The quantitative estimate of drug-likeness (QED) is 0.742. The number of nitrogens with one attached hydrogen (secondary N) is 1. The third kappa shape index (κ3) is 6.46. The first-order chi connectivity index (χ1) is 10.1. The molecule has 21 heavy (non-hydrogen) atoms. The van der Waals surface area contributed by atoms with Crippen molar-refractivity contribution in [3.63, 3.8) is 0 Å². The van der Waals surface area contributed by atoms with Gasteiger partial charge in [-0.2, -0.15) is 0 Å². The largest absolute Gasteiger partial charge is 0.469 e. The maximum atomic E-state index is 12.2. The first-order valence-corrected chi connectivity index (χ1v) is 7.26. The molecule has 120 valence electrons. The van der Waals surface area contributed by atoms with Crippen molar-refractivity contribution in [3.05, 3.63) is 0 Å². The van der Waals surface area contributed by atoms with E-state index in [9.17, 15) is 14.4 Å². The normalized spacial score (nSPS) is 15.1. The zero-order valence-corrected chi connectivity index (χ0v) is 12.7. The number of rotatable bonds is 6. The molecule has 0 bridgehead atoms. The summed E-state index contributed by atoms with van der Waals surface area (Å²) in [5.74, 6) is -0.936. The number of urea groups is 1. The molecule has 1 aliphatic rings. The van der Waals surface area contributed by atoms with Gasteiger partial charge in [0.1, 0.15) is 6.54 Å². The van der Waals surface area contributed by atoms with E-state index in [1.54, 1.807) is 0 Å². The summed E-state index contributed by atoms with van der Waals surface area (Å²) in [6.45, 7) is -0.0492. The van der Waals surface area contributed by atoms with Crippen LogP contribution in [-0.4, -0.2) is 56.2 Å². The van der Waals surface area contributed by atoms with Crippen molar-refractivity contribution in [1.82, 2.24) is 10.2 Å². The second-order valence-electron chi connectivity index (χ2n) is 5.11. The van der Waals surface area contributed by atoms with E-state index in [-0.39, 0.29) is 31.6 Å². The Morgan fingerprint density at radius 1 is 1.05 bits per heavy atom. The molecule has 1 rings (SSSR count). The molecule has 2 amide bonds. The van der Waals surface area contributed by atoms with Crippen molar-refractivity contribution in [1.29, 1.82) is 0 Å². The van der Waals surface area contributed by atoms with Crippen LogP contribution in [0.3, 0.4) is 0 Å². The summed E-state index contributed by atoms with van der Waals surface area (Å²) in [5, 5.41) is 2.92. The average Bonchev–Trinajstić information content (AvgIpc) is 2.51. The summed E-state index contributed by atoms with van der Waals surface area (Å²) < 4.78 is 9.13. The lowest BCUT2D eigenvalue weighted by atomic mass is 9.96. The van der Waals surface area contributed by atoms with Crippen LogP contribution in [0.15, 0.2) is 0 Å². The van der Waals surface area contributed by atoms with Gasteiger partial charge in [-0.05, 0) is 12.8 Å². The molecule has 1 saturated carbocycles. The smallest absolute Gasteiger partial charge is 0.325 e. The monoisotopic (exact) mass is 300 g/mol. The molecule has 0 spiro atoms. The highest BCUT2D eigenvalue weighted by Gasteiger charge is 2.22. The van der Waals surface area contributed by atoms with Crippen molar-refractivity contribution in [2.24, 2.45) is 0 Å². The fraction of sp³-hybridized carbons (Fsp3) is 0.786. The molecule has 0 aromatic heterocycles. The summed E-state index contributed by atoms with van der Waals surface area (Å²) in [5.41, 5.74) is 0. The van der Waals surface area contributed by atoms with Crippen LogP contribution in [0.2, 0.25) is 0 Å². The van der Waals surface area contributed by atoms with Gasteiger partial charge in [0, 0.05) is 12.6 Å². The Labute approximate surface area is 124 Å². The van der Waals surface area contributed by atoms with Gasteiger partial charge in [-0.3, -0.25) is 9.59 Å². The number of ether oxygens (including phenoxy) is 2. The molecule has 0 unspecified atom stereocenters. The molecule has 0 aromatic rings. The fourth-order valence-electron chi connectivity index (χ4n) is 2.31. The van der Waals surface area contributed by atoms with Crippen molar-refractivity contribution in [3.8, 4) is 0 Å². The molecule has 1 aliphatic carbocycles. The van der Waals surface area contributed by atoms with Crippen molar-refractivity contribution in [2.75, 3.05) is 27.3 Å². The third-order valence-corrected chi connectivity index (χ3v) is 3.58. The predicted octanol–water partition coefficient (Wildman–Crippen LogP) is 1.07. The van der Waals surface area contributed by atoms with Crippen LogP contribution in [0.4, 0.5) is 4.79 Å². The Morgan fingerprint density at radius 3 is 2.24 bits per heavy atom. The lowest BCUT2D eigenvalue weighted by Gasteiger charge is -2.27. The van der Waals surface area contributed by atoms with E-state index >= 15 is 0 Å². The van der Waals surface area contributed by atoms with E-state index in [1.165, 1.54) is 25.5 Å². The van der Waals surface area contributed by atoms with E-state index in [0.717, 1.165) is 25.7 Å². The maximum Gasteiger partial charge on any atom is 0.325 e. The number of methoxy groups -OCH3 is 2. The minimum absolute atomic E-state index is 0.0472. The topological polar surface area (TPSA) is 84.9 Å². The predicted molar refractivity (Wildman–Crippen MR) is 75.6 cm³/mol.